The average Bonchev–Trinajstić information content (AvgIpc) is 2.97. The molecule has 0 radical (unpaired) electrons. The topological polar surface area (TPSA) is 42.2 Å². The fourth-order valence-corrected chi connectivity index (χ4v) is 5.67. The van der Waals surface area contributed by atoms with Crippen molar-refractivity contribution in [3.8, 4) is 0 Å². The van der Waals surface area contributed by atoms with Gasteiger partial charge in [0, 0.05) is 12.1 Å². The maximum atomic E-state index is 12.2. The highest BCUT2D eigenvalue weighted by atomic mass is 16.3. The highest BCUT2D eigenvalue weighted by Crippen LogP contribution is 2.61. The molecule has 22 heavy (non-hydrogen) atoms. The lowest BCUT2D eigenvalue weighted by Gasteiger charge is -2.59. The normalized spacial score (nSPS) is 37.6. The molecule has 0 spiro atoms. The minimum Gasteiger partial charge on any atom is -0.465 e. The molecule has 4 bridgehead atoms. The highest BCUT2D eigenvalue weighted by molar-refractivity contribution is 5.91. The molecule has 4 fully saturated rings. The molecule has 0 aliphatic heterocycles. The molecule has 5 rings (SSSR count). The number of nitrogens with one attached hydrogen (secondary N) is 1. The molecule has 1 atom stereocenters. The first kappa shape index (κ1) is 14.1. The molecule has 118 valence electrons. The second-order valence-electron chi connectivity index (χ2n) is 7.86. The fourth-order valence-electron chi connectivity index (χ4n) is 5.67. The first-order valence-electron chi connectivity index (χ1n) is 8.65. The van der Waals surface area contributed by atoms with Crippen LogP contribution in [0.3, 0.4) is 0 Å². The monoisotopic (exact) mass is 299 g/mol. The third-order valence-corrected chi connectivity index (χ3v) is 6.31. The van der Waals surface area contributed by atoms with Crippen LogP contribution >= 0.6 is 0 Å². The summed E-state index contributed by atoms with van der Waals surface area (Å²) in [5, 5.41) is 3.23. The molecular formula is C19H25NO2. The highest BCUT2D eigenvalue weighted by Gasteiger charge is 2.53. The average molecular weight is 299 g/mol. The molecule has 3 nitrogen and oxygen atoms in total. The Balaban J connectivity index is 1.41. The molecule has 4 aliphatic rings. The van der Waals surface area contributed by atoms with Gasteiger partial charge in [-0.1, -0.05) is 0 Å². The number of carbonyl (C=O) groups excluding carboxylic acids is 1. The minimum atomic E-state index is -0.000328. The summed E-state index contributed by atoms with van der Waals surface area (Å²) in [7, 11) is 0. The zero-order chi connectivity index (χ0) is 15.2. The molecule has 4 saturated carbocycles. The summed E-state index contributed by atoms with van der Waals surface area (Å²) >= 11 is 0. The Morgan fingerprint density at radius 1 is 1.27 bits per heavy atom. The van der Waals surface area contributed by atoms with Crippen LogP contribution in [0.1, 0.15) is 51.2 Å². The second kappa shape index (κ2) is 5.29. The Labute approximate surface area is 132 Å². The van der Waals surface area contributed by atoms with Crippen LogP contribution in [0.2, 0.25) is 0 Å². The first-order chi connectivity index (χ1) is 10.6. The predicted octanol–water partition coefficient (Wildman–Crippen LogP) is 4.01. The van der Waals surface area contributed by atoms with Crippen molar-refractivity contribution in [3.63, 3.8) is 0 Å². The summed E-state index contributed by atoms with van der Waals surface area (Å²) in [6.45, 7) is 2.21. The van der Waals surface area contributed by atoms with Gasteiger partial charge in [0.05, 0.1) is 6.26 Å². The van der Waals surface area contributed by atoms with Crippen LogP contribution in [-0.2, 0) is 4.79 Å². The molecule has 1 heterocycles. The van der Waals surface area contributed by atoms with E-state index in [1.165, 1.54) is 38.5 Å². The summed E-state index contributed by atoms with van der Waals surface area (Å²) in [4.78, 5) is 12.2. The zero-order valence-electron chi connectivity index (χ0n) is 13.3. The Morgan fingerprint density at radius 3 is 2.45 bits per heavy atom. The fraction of sp³-hybridized carbons (Fsp3) is 0.632. The standard InChI is InChI=1S/C19H25NO2/c1-13(20-18(21)5-4-17-3-2-6-22-17)19-10-14-7-15(11-19)9-16(8-14)12-19/h2-6,13-16H,7-12H2,1H3,(H,20,21). The first-order valence-corrected chi connectivity index (χ1v) is 8.65. The Hall–Kier alpha value is -1.51. The minimum absolute atomic E-state index is 0.000328. The Kier molecular flexibility index (Phi) is 3.39. The van der Waals surface area contributed by atoms with E-state index in [0.717, 1.165) is 23.5 Å². The van der Waals surface area contributed by atoms with Gasteiger partial charge in [0.25, 0.3) is 0 Å². The maximum Gasteiger partial charge on any atom is 0.244 e. The summed E-state index contributed by atoms with van der Waals surface area (Å²) in [6.07, 6.45) is 13.2. The van der Waals surface area contributed by atoms with Crippen molar-refractivity contribution in [2.45, 2.75) is 51.5 Å². The SMILES string of the molecule is CC(NC(=O)C=Cc1ccco1)C12CC3CC(CC(C3)C1)C2. The maximum absolute atomic E-state index is 12.2. The van der Waals surface area contributed by atoms with Gasteiger partial charge in [-0.15, -0.1) is 0 Å². The lowest BCUT2D eigenvalue weighted by atomic mass is 9.48. The van der Waals surface area contributed by atoms with Crippen molar-refractivity contribution < 1.29 is 9.21 Å². The van der Waals surface area contributed by atoms with Gasteiger partial charge in [0.15, 0.2) is 0 Å². The molecule has 1 aromatic heterocycles. The molecule has 0 aromatic carbocycles. The van der Waals surface area contributed by atoms with Gasteiger partial charge in [0.1, 0.15) is 5.76 Å². The van der Waals surface area contributed by atoms with E-state index < -0.39 is 0 Å². The van der Waals surface area contributed by atoms with Gasteiger partial charge in [-0.05, 0) is 86.8 Å². The van der Waals surface area contributed by atoms with E-state index in [4.69, 9.17) is 4.42 Å². The number of rotatable bonds is 4. The van der Waals surface area contributed by atoms with E-state index in [0.29, 0.717) is 5.41 Å². The van der Waals surface area contributed by atoms with E-state index >= 15 is 0 Å². The van der Waals surface area contributed by atoms with Crippen molar-refractivity contribution in [3.05, 3.63) is 30.2 Å². The van der Waals surface area contributed by atoms with Crippen molar-refractivity contribution in [1.82, 2.24) is 5.32 Å². The summed E-state index contributed by atoms with van der Waals surface area (Å²) in [5.41, 5.74) is 0.364. The number of hydrogen-bond acceptors (Lipinski definition) is 2. The number of furan rings is 1. The van der Waals surface area contributed by atoms with Crippen molar-refractivity contribution in [2.75, 3.05) is 0 Å². The smallest absolute Gasteiger partial charge is 0.244 e. The van der Waals surface area contributed by atoms with Crippen molar-refractivity contribution >= 4 is 12.0 Å². The van der Waals surface area contributed by atoms with E-state index in [9.17, 15) is 4.79 Å². The summed E-state index contributed by atoms with van der Waals surface area (Å²) in [5.74, 6) is 3.48. The Bertz CT molecular complexity index is 537. The summed E-state index contributed by atoms with van der Waals surface area (Å²) in [6, 6.07) is 3.96. The van der Waals surface area contributed by atoms with Crippen molar-refractivity contribution in [1.29, 1.82) is 0 Å². The van der Waals surface area contributed by atoms with Crippen LogP contribution in [0.15, 0.2) is 28.9 Å². The molecule has 4 aliphatic carbocycles. The molecular weight excluding hydrogens is 274 g/mol. The van der Waals surface area contributed by atoms with Crippen LogP contribution in [0.5, 0.6) is 0 Å². The largest absolute Gasteiger partial charge is 0.465 e. The van der Waals surface area contributed by atoms with Crippen LogP contribution < -0.4 is 5.32 Å². The molecule has 3 heteroatoms. The number of amides is 1. The number of carbonyl (C=O) groups is 1. The van der Waals surface area contributed by atoms with Gasteiger partial charge in [-0.3, -0.25) is 4.79 Å². The predicted molar refractivity (Wildman–Crippen MR) is 86.0 cm³/mol. The van der Waals surface area contributed by atoms with E-state index in [1.807, 2.05) is 12.1 Å². The third-order valence-electron chi connectivity index (χ3n) is 6.31. The van der Waals surface area contributed by atoms with Gasteiger partial charge < -0.3 is 9.73 Å². The van der Waals surface area contributed by atoms with Crippen LogP contribution in [0.25, 0.3) is 6.08 Å². The molecule has 1 N–H and O–H groups in total. The van der Waals surface area contributed by atoms with Crippen LogP contribution in [-0.4, -0.2) is 11.9 Å². The molecule has 0 saturated heterocycles. The van der Waals surface area contributed by atoms with E-state index in [-0.39, 0.29) is 11.9 Å². The molecule has 1 aromatic rings. The zero-order valence-corrected chi connectivity index (χ0v) is 13.3. The van der Waals surface area contributed by atoms with Crippen molar-refractivity contribution in [2.24, 2.45) is 23.2 Å². The Morgan fingerprint density at radius 2 is 1.91 bits per heavy atom. The lowest BCUT2D eigenvalue weighted by Crippen LogP contribution is -2.55. The quantitative estimate of drug-likeness (QED) is 0.853. The van der Waals surface area contributed by atoms with Gasteiger partial charge in [0.2, 0.25) is 5.91 Å². The van der Waals surface area contributed by atoms with Gasteiger partial charge in [-0.2, -0.15) is 0 Å². The van der Waals surface area contributed by atoms with Crippen LogP contribution in [0, 0.1) is 23.2 Å². The number of hydrogen-bond donors (Lipinski definition) is 1. The summed E-state index contributed by atoms with van der Waals surface area (Å²) < 4.78 is 5.22. The molecule has 1 unspecified atom stereocenters. The van der Waals surface area contributed by atoms with Gasteiger partial charge >= 0.3 is 0 Å². The third kappa shape index (κ3) is 2.51. The lowest BCUT2D eigenvalue weighted by molar-refractivity contribution is -0.121. The van der Waals surface area contributed by atoms with E-state index in [1.54, 1.807) is 18.4 Å². The van der Waals surface area contributed by atoms with E-state index in [2.05, 4.69) is 12.2 Å². The second-order valence-corrected chi connectivity index (χ2v) is 7.86. The van der Waals surface area contributed by atoms with Crippen LogP contribution in [0.4, 0.5) is 0 Å². The van der Waals surface area contributed by atoms with Gasteiger partial charge in [-0.25, -0.2) is 0 Å². The molecule has 1 amide bonds.